The fourth-order valence-corrected chi connectivity index (χ4v) is 11.5. The number of likely N-dealkylation sites (N-methyl/N-ethyl adjacent to an activating group) is 2. The second-order valence-electron chi connectivity index (χ2n) is 21.0. The first kappa shape index (κ1) is 43.4. The Morgan fingerprint density at radius 3 is 1.74 bits per heavy atom. The quantitative estimate of drug-likeness (QED) is 0.0295. The summed E-state index contributed by atoms with van der Waals surface area (Å²) in [6.07, 6.45) is -19.2. The average Bonchev–Trinajstić information content (AvgIpc) is 1.49. The van der Waals surface area contributed by atoms with Crippen LogP contribution in [-0.4, -0.2) is 103 Å². The molecule has 0 spiro atoms. The van der Waals surface area contributed by atoms with Gasteiger partial charge >= 0.3 is 12.4 Å². The van der Waals surface area contributed by atoms with Crippen molar-refractivity contribution >= 4 is 35.3 Å². The van der Waals surface area contributed by atoms with Crippen molar-refractivity contribution in [2.75, 3.05) is 52.2 Å². The van der Waals surface area contributed by atoms with Gasteiger partial charge in [-0.3, -0.25) is 19.2 Å². The van der Waals surface area contributed by atoms with E-state index in [-0.39, 0.29) is 54.0 Å². The minimum atomic E-state index is -5.25. The molecule has 0 saturated carbocycles. The topological polar surface area (TPSA) is 117 Å². The van der Waals surface area contributed by atoms with E-state index in [0.717, 1.165) is 52.8 Å². The zero-order valence-electron chi connectivity index (χ0n) is 80.3. The number of nitrogens with zero attached hydrogens (tertiary/aromatic N) is 8. The molecule has 2 heterocycles. The van der Waals surface area contributed by atoms with Gasteiger partial charge in [-0.1, -0.05) is 148 Å². The second-order valence-corrected chi connectivity index (χ2v) is 22.9. The number of carbonyl (C=O) groups excluding carboxylic acids is 2. The normalized spacial score (nSPS) is 20.0. The van der Waals surface area contributed by atoms with E-state index in [2.05, 4.69) is 9.97 Å². The first-order chi connectivity index (χ1) is 56.9. The predicted molar refractivity (Wildman–Crippen MR) is 363 cm³/mol. The monoisotopic (exact) mass is 1390 g/mol. The van der Waals surface area contributed by atoms with Gasteiger partial charge < -0.3 is 28.7 Å². The van der Waals surface area contributed by atoms with Crippen LogP contribution in [0.4, 0.5) is 35.1 Å². The van der Waals surface area contributed by atoms with Crippen LogP contribution < -0.4 is 11.1 Å². The summed E-state index contributed by atoms with van der Waals surface area (Å²) in [5.74, 6) is -5.55. The summed E-state index contributed by atoms with van der Waals surface area (Å²) in [7, 11) is 0. The van der Waals surface area contributed by atoms with Gasteiger partial charge in [0.05, 0.1) is 41.8 Å². The van der Waals surface area contributed by atoms with Gasteiger partial charge in [-0.2, -0.15) is 36.3 Å². The fourth-order valence-electron chi connectivity index (χ4n) is 9.61. The minimum Gasteiger partial charge on any atom is -0.336 e. The highest BCUT2D eigenvalue weighted by Gasteiger charge is 2.34. The molecule has 0 aliphatic heterocycles. The van der Waals surface area contributed by atoms with Crippen molar-refractivity contribution in [1.82, 2.24) is 38.7 Å². The molecule has 12 nitrogen and oxygen atoms in total. The fraction of sp³-hybridized carbons (Fsp3) is 0.378. The summed E-state index contributed by atoms with van der Waals surface area (Å²) in [5.41, 5.74) is -9.72. The highest BCUT2D eigenvalue weighted by molar-refractivity contribution is 7.98. The van der Waals surface area contributed by atoms with Crippen molar-refractivity contribution in [3.05, 3.63) is 233 Å². The van der Waals surface area contributed by atoms with Crippen molar-refractivity contribution < 1.29 is 83.1 Å². The van der Waals surface area contributed by atoms with Crippen LogP contribution in [0.25, 0.3) is 22.3 Å². The second kappa shape index (κ2) is 32.9. The van der Waals surface area contributed by atoms with Gasteiger partial charge in [0, 0.05) is 80.2 Å². The molecule has 2 amide bonds. The molecule has 10 rings (SSSR count). The third-order valence-corrected chi connectivity index (χ3v) is 16.9. The largest absolute Gasteiger partial charge is 0.416 e. The van der Waals surface area contributed by atoms with E-state index in [0.29, 0.717) is 68.4 Å². The van der Waals surface area contributed by atoms with E-state index >= 15 is 4.79 Å². The maximum Gasteiger partial charge on any atom is 0.416 e. The molecule has 1 atom stereocenters. The Hall–Kier alpha value is -7.92. The molecule has 0 bridgehead atoms. The molecule has 2 aliphatic rings. The molecule has 2 aromatic heterocycles. The standard InChI is InChI=1S/2C37H40F4N4O2S/c1-4-43(5-2)21-22-44(25(3)27-11-13-28(14-12-27)29-15-17-30(18-16-29)37(39,40)41)34(46)23-45-33-8-6-7-32(33)35(47)42-36(45)48-24-26-9-19-31(38)20-10-26;1-4-43(5-2)19-20-44(22-26-9-13-28(14-10-26)29-15-18-32(25(3)21-29)37(39,40)41)34(46)23-45-33-8-6-7-31(33)35(47)42-36(45)48-24-27-11-16-30(38)17-12-27/h9-20,25H,4-8,21-24H2,1-3H3;9-18,21H,4-8,19-20,22-24H2,1-3H3/i9D,10D,19D,20D,21D2,22D2,25D;6D2,7D2,8D2,9D,10D,13D,14D,15D,18D,19D2,20D2,21D,22D2. The number of benzene rings is 6. The van der Waals surface area contributed by atoms with E-state index in [1.807, 2.05) is 0 Å². The van der Waals surface area contributed by atoms with E-state index in [4.69, 9.17) is 28.8 Å². The summed E-state index contributed by atoms with van der Waals surface area (Å²) in [6, 6.07) is -0.0978. The highest BCUT2D eigenvalue weighted by Crippen LogP contribution is 2.36. The van der Waals surface area contributed by atoms with Gasteiger partial charge in [0.25, 0.3) is 11.1 Å². The Labute approximate surface area is 603 Å². The molecule has 2 aliphatic carbocycles. The summed E-state index contributed by atoms with van der Waals surface area (Å²) < 4.78 is 357. The summed E-state index contributed by atoms with van der Waals surface area (Å²) in [5, 5.41) is -0.770. The van der Waals surface area contributed by atoms with Crippen molar-refractivity contribution in [3.63, 3.8) is 0 Å². The van der Waals surface area contributed by atoms with Crippen molar-refractivity contribution in [3.8, 4) is 22.3 Å². The Morgan fingerprint density at radius 1 is 0.604 bits per heavy atom. The molecule has 0 saturated heterocycles. The molecule has 0 fully saturated rings. The summed E-state index contributed by atoms with van der Waals surface area (Å²) in [6.45, 7) is -12.5. The first-order valence-corrected chi connectivity index (χ1v) is 31.7. The molecule has 22 heteroatoms. The maximum absolute atomic E-state index is 15.1. The average molecular weight is 1390 g/mol. The number of thioether (sulfide) groups is 2. The third-order valence-electron chi connectivity index (χ3n) is 14.8. The van der Waals surface area contributed by atoms with Gasteiger partial charge in [0.2, 0.25) is 11.8 Å². The molecule has 96 heavy (non-hydrogen) atoms. The van der Waals surface area contributed by atoms with E-state index in [1.54, 1.807) is 13.8 Å². The smallest absolute Gasteiger partial charge is 0.336 e. The molecule has 508 valence electrons. The van der Waals surface area contributed by atoms with Crippen LogP contribution in [0.2, 0.25) is 0 Å². The number of hydrogen-bond acceptors (Lipinski definition) is 10. The van der Waals surface area contributed by atoms with Crippen molar-refractivity contribution in [2.24, 2.45) is 0 Å². The molecule has 8 aromatic rings. The van der Waals surface area contributed by atoms with E-state index in [1.165, 1.54) is 73.9 Å². The Kier molecular flexibility index (Phi) is 14.9. The Bertz CT molecular complexity index is 5520. The summed E-state index contributed by atoms with van der Waals surface area (Å²) in [4.78, 5) is 66.5. The lowest BCUT2D eigenvalue weighted by molar-refractivity contribution is -0.138. The molecule has 6 aromatic carbocycles. The van der Waals surface area contributed by atoms with Crippen LogP contribution in [0.5, 0.6) is 0 Å². The van der Waals surface area contributed by atoms with Crippen LogP contribution >= 0.6 is 23.5 Å². The molecule has 1 unspecified atom stereocenters. The zero-order chi connectivity index (χ0) is 93.7. The van der Waals surface area contributed by atoms with Gasteiger partial charge in [0.15, 0.2) is 10.3 Å². The van der Waals surface area contributed by atoms with Crippen LogP contribution in [0.3, 0.4) is 0 Å². The number of alkyl halides is 6. The lowest BCUT2D eigenvalue weighted by atomic mass is 9.98. The lowest BCUT2D eigenvalue weighted by Crippen LogP contribution is -2.42. The van der Waals surface area contributed by atoms with Crippen LogP contribution in [0.1, 0.15) is 153 Å². The van der Waals surface area contributed by atoms with E-state index < -0.39 is 239 Å². The molecule has 0 N–H and O–H groups in total. The van der Waals surface area contributed by atoms with Crippen LogP contribution in [-0.2, 0) is 78.6 Å². The number of aromatic nitrogens is 4. The summed E-state index contributed by atoms with van der Waals surface area (Å²) >= 11 is 1.33. The minimum absolute atomic E-state index is 0.0406. The lowest BCUT2D eigenvalue weighted by Gasteiger charge is -2.33. The van der Waals surface area contributed by atoms with E-state index in [9.17, 15) is 59.1 Å². The molecular weight excluding hydrogens is 1280 g/mol. The Morgan fingerprint density at radius 2 is 1.15 bits per heavy atom. The number of hydrogen-bond donors (Lipinski definition) is 0. The number of rotatable bonds is 26. The Balaban J connectivity index is 0.000000285. The zero-order valence-corrected chi connectivity index (χ0v) is 53.9. The van der Waals surface area contributed by atoms with Crippen LogP contribution in [0, 0.1) is 18.6 Å². The van der Waals surface area contributed by atoms with Crippen molar-refractivity contribution in [2.45, 2.75) is 140 Å². The third kappa shape index (κ3) is 18.6. The highest BCUT2D eigenvalue weighted by atomic mass is 32.2. The first-order valence-electron chi connectivity index (χ1n) is 43.7. The maximum atomic E-state index is 15.1. The number of fused-ring (bicyclic) bond motifs is 2. The SMILES string of the molecule is [2H]c1c([2H])c(C([2H])([2H])N(C(=O)Cn2c(SCc3ccc(F)cc3)nc(=O)c3c2C([2H])([2H])C([2H])([2H])C3([2H])[2H])C([2H])([2H])C([2H])([2H])N(CC)CC)c([2H])c([2H])c1-c1c([2H])c([2H])c(C(F)(F)F)c(C)c1[2H].[2H]c1c([2H])c(CSc2nc(=O)c3c(n2CC(=O)N(C([2H])(C)c2ccc(-c4ccc(C(F)(F)F)cc4)cc2)C([2H])([2H])C([2H])([2H])N(CC)CC)CCC3)c([2H])c([2H])c1F. The molecule has 0 radical (unpaired) electrons. The number of amides is 2. The molecular formula is C74H80F8N8O4S2. The predicted octanol–water partition coefficient (Wildman–Crippen LogP) is 15.3. The van der Waals surface area contributed by atoms with Gasteiger partial charge in [0.1, 0.15) is 24.7 Å². The van der Waals surface area contributed by atoms with Gasteiger partial charge in [-0.05, 0) is 171 Å². The van der Waals surface area contributed by atoms with Gasteiger partial charge in [-0.15, -0.1) is 0 Å². The van der Waals surface area contributed by atoms with Gasteiger partial charge in [-0.25, -0.2) is 8.78 Å². The number of halogens is 8. The van der Waals surface area contributed by atoms with Crippen molar-refractivity contribution in [1.29, 1.82) is 0 Å². The number of carbonyl (C=O) groups is 2. The van der Waals surface area contributed by atoms with Crippen LogP contribution in [0.15, 0.2) is 159 Å².